The van der Waals surface area contributed by atoms with Gasteiger partial charge < -0.3 is 5.32 Å². The quantitative estimate of drug-likeness (QED) is 0.259. The van der Waals surface area contributed by atoms with Gasteiger partial charge in [0, 0.05) is 15.5 Å². The molecule has 0 saturated carbocycles. The maximum absolute atomic E-state index is 13.8. The van der Waals surface area contributed by atoms with E-state index in [1.54, 1.807) is 11.4 Å². The second-order valence-electron chi connectivity index (χ2n) is 6.13. The Morgan fingerprint density at radius 2 is 1.87 bits per heavy atom. The van der Waals surface area contributed by atoms with Crippen LogP contribution in [0.4, 0.5) is 18.9 Å². The van der Waals surface area contributed by atoms with Crippen molar-refractivity contribution in [2.45, 2.75) is 6.18 Å². The largest absolute Gasteiger partial charge is 0.433 e. The van der Waals surface area contributed by atoms with E-state index in [9.17, 15) is 18.0 Å². The average Bonchev–Trinajstić information content (AvgIpc) is 3.27. The number of hydrogen-bond donors (Lipinski definition) is 1. The number of nitrogens with one attached hydrogen (secondary N) is 1. The molecular formula is C18H7Br2Cl2F3N4OS. The van der Waals surface area contributed by atoms with Crippen molar-refractivity contribution in [3.8, 4) is 10.6 Å². The highest BCUT2D eigenvalue weighted by Crippen LogP contribution is 2.37. The van der Waals surface area contributed by atoms with E-state index in [0.717, 1.165) is 10.5 Å². The SMILES string of the molecule is O=C(Nc1ccc(Cl)c(Cl)c1)c1nn2c(C(F)(F)F)cc(-c3cc(Br)cs3)nc2c1Br. The summed E-state index contributed by atoms with van der Waals surface area (Å²) in [7, 11) is 0. The first kappa shape index (κ1) is 22.5. The fraction of sp³-hybridized carbons (Fsp3) is 0.0556. The van der Waals surface area contributed by atoms with Crippen LogP contribution in [0.5, 0.6) is 0 Å². The van der Waals surface area contributed by atoms with Crippen LogP contribution in [-0.4, -0.2) is 20.5 Å². The molecular weight excluding hydrogens is 608 g/mol. The molecule has 4 aromatic rings. The molecule has 0 spiro atoms. The zero-order valence-electron chi connectivity index (χ0n) is 14.8. The Morgan fingerprint density at radius 1 is 1.13 bits per heavy atom. The van der Waals surface area contributed by atoms with Crippen LogP contribution in [0.1, 0.15) is 16.2 Å². The molecule has 3 aromatic heterocycles. The van der Waals surface area contributed by atoms with Crippen molar-refractivity contribution in [1.82, 2.24) is 14.6 Å². The summed E-state index contributed by atoms with van der Waals surface area (Å²) in [5.74, 6) is -0.746. The standard InChI is InChI=1S/C18H7Br2Cl2F3N4OS/c19-7-3-12(31-6-7)11-5-13(18(23,24)25)29-16(27-11)14(20)15(28-29)17(30)26-8-1-2-9(21)10(22)4-8/h1-6H,(H,26,30). The van der Waals surface area contributed by atoms with E-state index in [1.807, 2.05) is 0 Å². The zero-order valence-corrected chi connectivity index (χ0v) is 20.3. The first-order chi connectivity index (χ1) is 14.5. The van der Waals surface area contributed by atoms with Gasteiger partial charge in [-0.2, -0.15) is 18.3 Å². The molecule has 4 rings (SSSR count). The third kappa shape index (κ3) is 4.47. The normalized spacial score (nSPS) is 11.8. The number of fused-ring (bicyclic) bond motifs is 1. The van der Waals surface area contributed by atoms with Crippen LogP contribution in [0, 0.1) is 0 Å². The monoisotopic (exact) mass is 612 g/mol. The Labute approximate surface area is 203 Å². The lowest BCUT2D eigenvalue weighted by molar-refractivity contribution is -0.142. The van der Waals surface area contributed by atoms with Gasteiger partial charge in [0.15, 0.2) is 17.0 Å². The van der Waals surface area contributed by atoms with Gasteiger partial charge in [-0.25, -0.2) is 9.50 Å². The van der Waals surface area contributed by atoms with Crippen molar-refractivity contribution in [3.05, 3.63) is 66.1 Å². The summed E-state index contributed by atoms with van der Waals surface area (Å²) in [6.07, 6.45) is -4.73. The predicted octanol–water partition coefficient (Wildman–Crippen LogP) is 7.56. The molecule has 0 aliphatic heterocycles. The van der Waals surface area contributed by atoms with E-state index in [4.69, 9.17) is 23.2 Å². The van der Waals surface area contributed by atoms with Gasteiger partial charge in [0.25, 0.3) is 5.91 Å². The van der Waals surface area contributed by atoms with E-state index in [2.05, 4.69) is 47.3 Å². The van der Waals surface area contributed by atoms with Gasteiger partial charge in [-0.05, 0) is 62.2 Å². The van der Waals surface area contributed by atoms with E-state index in [0.29, 0.717) is 20.1 Å². The lowest BCUT2D eigenvalue weighted by atomic mass is 10.2. The molecule has 5 nitrogen and oxygen atoms in total. The molecule has 0 aliphatic rings. The summed E-state index contributed by atoms with van der Waals surface area (Å²) >= 11 is 19.5. The molecule has 3 heterocycles. The third-order valence-corrected chi connectivity index (χ3v) is 7.22. The summed E-state index contributed by atoms with van der Waals surface area (Å²) in [6.45, 7) is 0. The number of thiophene rings is 1. The molecule has 0 radical (unpaired) electrons. The number of anilines is 1. The van der Waals surface area contributed by atoms with E-state index < -0.39 is 17.8 Å². The number of rotatable bonds is 3. The molecule has 1 aromatic carbocycles. The van der Waals surface area contributed by atoms with Gasteiger partial charge in [-0.3, -0.25) is 4.79 Å². The van der Waals surface area contributed by atoms with Gasteiger partial charge in [0.1, 0.15) is 0 Å². The minimum absolute atomic E-state index is 0.0213. The fourth-order valence-electron chi connectivity index (χ4n) is 2.68. The first-order valence-corrected chi connectivity index (χ1v) is 11.4. The summed E-state index contributed by atoms with van der Waals surface area (Å²) in [4.78, 5) is 17.5. The molecule has 1 N–H and O–H groups in total. The first-order valence-electron chi connectivity index (χ1n) is 8.22. The highest BCUT2D eigenvalue weighted by molar-refractivity contribution is 9.11. The Hall–Kier alpha value is -1.66. The molecule has 0 atom stereocenters. The number of benzene rings is 1. The third-order valence-electron chi connectivity index (χ3n) is 4.04. The van der Waals surface area contributed by atoms with Gasteiger partial charge in [-0.1, -0.05) is 23.2 Å². The van der Waals surface area contributed by atoms with Crippen LogP contribution in [0.2, 0.25) is 10.0 Å². The lowest BCUT2D eigenvalue weighted by Crippen LogP contribution is -2.15. The van der Waals surface area contributed by atoms with Crippen LogP contribution in [0.3, 0.4) is 0 Å². The molecule has 0 unspecified atom stereocenters. The Balaban J connectivity index is 1.83. The molecule has 31 heavy (non-hydrogen) atoms. The maximum atomic E-state index is 13.8. The van der Waals surface area contributed by atoms with Gasteiger partial charge in [-0.15, -0.1) is 11.3 Å². The number of halogens is 7. The van der Waals surface area contributed by atoms with Crippen molar-refractivity contribution in [2.75, 3.05) is 5.32 Å². The lowest BCUT2D eigenvalue weighted by Gasteiger charge is -2.10. The minimum atomic E-state index is -4.73. The van der Waals surface area contributed by atoms with Crippen molar-refractivity contribution in [1.29, 1.82) is 0 Å². The van der Waals surface area contributed by atoms with Crippen LogP contribution >= 0.6 is 66.4 Å². The molecule has 0 aliphatic carbocycles. The number of alkyl halides is 3. The van der Waals surface area contributed by atoms with E-state index in [1.165, 1.54) is 29.5 Å². The molecule has 0 fully saturated rings. The summed E-state index contributed by atoms with van der Waals surface area (Å²) in [6, 6.07) is 6.95. The number of carbonyl (C=O) groups is 1. The van der Waals surface area contributed by atoms with Gasteiger partial charge in [0.05, 0.1) is 25.1 Å². The van der Waals surface area contributed by atoms with Gasteiger partial charge in [0.2, 0.25) is 0 Å². The molecule has 1 amide bonds. The topological polar surface area (TPSA) is 59.3 Å². The smallest absolute Gasteiger partial charge is 0.321 e. The van der Waals surface area contributed by atoms with Crippen molar-refractivity contribution in [3.63, 3.8) is 0 Å². The fourth-order valence-corrected chi connectivity index (χ4v) is 4.88. The number of aromatic nitrogens is 3. The molecule has 0 saturated heterocycles. The van der Waals surface area contributed by atoms with Crippen LogP contribution < -0.4 is 5.32 Å². The summed E-state index contributed by atoms with van der Waals surface area (Å²) in [5.41, 5.74) is -1.07. The van der Waals surface area contributed by atoms with Crippen LogP contribution in [0.15, 0.2) is 44.7 Å². The zero-order chi connectivity index (χ0) is 22.5. The highest BCUT2D eigenvalue weighted by atomic mass is 79.9. The van der Waals surface area contributed by atoms with E-state index >= 15 is 0 Å². The van der Waals surface area contributed by atoms with Crippen LogP contribution in [-0.2, 0) is 6.18 Å². The number of carbonyl (C=O) groups excluding carboxylic acids is 1. The molecule has 13 heteroatoms. The van der Waals surface area contributed by atoms with Crippen molar-refractivity contribution >= 4 is 83.6 Å². The second kappa shape index (κ2) is 8.36. The highest BCUT2D eigenvalue weighted by Gasteiger charge is 2.36. The number of amides is 1. The molecule has 160 valence electrons. The average molecular weight is 615 g/mol. The van der Waals surface area contributed by atoms with Crippen molar-refractivity contribution in [2.24, 2.45) is 0 Å². The van der Waals surface area contributed by atoms with Gasteiger partial charge >= 0.3 is 6.18 Å². The summed E-state index contributed by atoms with van der Waals surface area (Å²) < 4.78 is 42.6. The maximum Gasteiger partial charge on any atom is 0.433 e. The Kier molecular flexibility index (Phi) is 6.08. The number of nitrogens with zero attached hydrogens (tertiary/aromatic N) is 3. The second-order valence-corrected chi connectivity index (χ2v) is 9.57. The predicted molar refractivity (Wildman–Crippen MR) is 121 cm³/mol. The van der Waals surface area contributed by atoms with Crippen molar-refractivity contribution < 1.29 is 18.0 Å². The number of hydrogen-bond acceptors (Lipinski definition) is 4. The Morgan fingerprint density at radius 3 is 2.48 bits per heavy atom. The van der Waals surface area contributed by atoms with Crippen LogP contribution in [0.25, 0.3) is 16.2 Å². The minimum Gasteiger partial charge on any atom is -0.321 e. The van der Waals surface area contributed by atoms with E-state index in [-0.39, 0.29) is 26.5 Å². The Bertz CT molecular complexity index is 1340. The summed E-state index contributed by atoms with van der Waals surface area (Å²) in [5, 5.41) is 8.63. The molecule has 0 bridgehead atoms.